The summed E-state index contributed by atoms with van der Waals surface area (Å²) < 4.78 is 0. The van der Waals surface area contributed by atoms with Gasteiger partial charge in [0.1, 0.15) is 0 Å². The van der Waals surface area contributed by atoms with E-state index in [-0.39, 0.29) is 5.91 Å². The summed E-state index contributed by atoms with van der Waals surface area (Å²) in [6, 6.07) is 8.36. The van der Waals surface area contributed by atoms with Crippen molar-refractivity contribution in [2.45, 2.75) is 25.8 Å². The molecule has 7 heteroatoms. The van der Waals surface area contributed by atoms with Crippen LogP contribution in [-0.2, 0) is 4.79 Å². The van der Waals surface area contributed by atoms with Gasteiger partial charge in [-0.2, -0.15) is 5.21 Å². The van der Waals surface area contributed by atoms with Crippen LogP contribution in [0.4, 0.5) is 5.69 Å². The fraction of sp³-hybridized carbons (Fsp3) is 0.429. The van der Waals surface area contributed by atoms with Crippen LogP contribution in [0.3, 0.4) is 0 Å². The second-order valence-electron chi connectivity index (χ2n) is 5.24. The molecule has 110 valence electrons. The number of nitrogens with one attached hydrogen (secondary N) is 2. The average Bonchev–Trinajstić information content (AvgIpc) is 3.02. The Hall–Kier alpha value is -2.44. The highest BCUT2D eigenvalue weighted by molar-refractivity contribution is 5.73. The molecule has 0 saturated carbocycles. The number of nitrogens with zero attached hydrogens (tertiary/aromatic N) is 4. The minimum atomic E-state index is 0.160. The van der Waals surface area contributed by atoms with Crippen molar-refractivity contribution in [1.29, 1.82) is 0 Å². The Balaban J connectivity index is 1.64. The molecule has 1 saturated heterocycles. The number of hydrogen-bond acceptors (Lipinski definition) is 5. The van der Waals surface area contributed by atoms with Gasteiger partial charge in [0.15, 0.2) is 0 Å². The highest BCUT2D eigenvalue weighted by atomic mass is 16.2. The number of piperidine rings is 1. The van der Waals surface area contributed by atoms with E-state index in [0.717, 1.165) is 37.2 Å². The molecule has 1 amide bonds. The monoisotopic (exact) mass is 286 g/mol. The van der Waals surface area contributed by atoms with Crippen LogP contribution >= 0.6 is 0 Å². The van der Waals surface area contributed by atoms with Crippen molar-refractivity contribution in [1.82, 2.24) is 25.5 Å². The van der Waals surface area contributed by atoms with Crippen molar-refractivity contribution in [2.24, 2.45) is 0 Å². The van der Waals surface area contributed by atoms with Crippen molar-refractivity contribution in [2.75, 3.05) is 18.4 Å². The van der Waals surface area contributed by atoms with Gasteiger partial charge in [-0.15, -0.1) is 10.2 Å². The van der Waals surface area contributed by atoms with E-state index < -0.39 is 0 Å². The quantitative estimate of drug-likeness (QED) is 0.888. The molecule has 0 spiro atoms. The van der Waals surface area contributed by atoms with Gasteiger partial charge in [-0.1, -0.05) is 12.1 Å². The van der Waals surface area contributed by atoms with Crippen LogP contribution < -0.4 is 5.32 Å². The zero-order valence-electron chi connectivity index (χ0n) is 11.9. The maximum absolute atomic E-state index is 11.3. The maximum atomic E-state index is 11.3. The molecular formula is C14H18N6O. The van der Waals surface area contributed by atoms with Gasteiger partial charge in [-0.3, -0.25) is 4.79 Å². The number of benzene rings is 1. The summed E-state index contributed by atoms with van der Waals surface area (Å²) in [5.41, 5.74) is 1.97. The Morgan fingerprint density at radius 2 is 2.19 bits per heavy atom. The maximum Gasteiger partial charge on any atom is 0.219 e. The molecule has 2 aromatic rings. The summed E-state index contributed by atoms with van der Waals surface area (Å²) in [4.78, 5) is 13.2. The number of aromatic nitrogens is 4. The topological polar surface area (TPSA) is 86.8 Å². The van der Waals surface area contributed by atoms with E-state index in [0.29, 0.717) is 11.9 Å². The van der Waals surface area contributed by atoms with E-state index in [1.54, 1.807) is 6.92 Å². The van der Waals surface area contributed by atoms with Crippen LogP contribution in [0, 0.1) is 0 Å². The van der Waals surface area contributed by atoms with Crippen LogP contribution in [0.25, 0.3) is 11.4 Å². The molecule has 1 fully saturated rings. The van der Waals surface area contributed by atoms with Crippen molar-refractivity contribution >= 4 is 11.6 Å². The minimum absolute atomic E-state index is 0.160. The van der Waals surface area contributed by atoms with E-state index in [9.17, 15) is 4.79 Å². The molecule has 1 aromatic heterocycles. The molecule has 1 aliphatic rings. The zero-order valence-corrected chi connectivity index (χ0v) is 11.9. The molecule has 0 aliphatic carbocycles. The third-order valence-electron chi connectivity index (χ3n) is 3.78. The highest BCUT2D eigenvalue weighted by Gasteiger charge is 2.20. The van der Waals surface area contributed by atoms with E-state index >= 15 is 0 Å². The molecule has 0 bridgehead atoms. The number of amides is 1. The molecule has 0 atom stereocenters. The first-order valence-electron chi connectivity index (χ1n) is 7.08. The molecule has 2 N–H and O–H groups in total. The van der Waals surface area contributed by atoms with Crippen LogP contribution in [0.5, 0.6) is 0 Å². The van der Waals surface area contributed by atoms with Crippen LogP contribution in [-0.4, -0.2) is 50.6 Å². The Morgan fingerprint density at radius 3 is 2.86 bits per heavy atom. The Morgan fingerprint density at radius 1 is 1.38 bits per heavy atom. The molecule has 3 rings (SSSR count). The molecule has 21 heavy (non-hydrogen) atoms. The summed E-state index contributed by atoms with van der Waals surface area (Å²) in [7, 11) is 0. The first-order valence-corrected chi connectivity index (χ1v) is 7.08. The van der Waals surface area contributed by atoms with Gasteiger partial charge in [0.2, 0.25) is 11.7 Å². The van der Waals surface area contributed by atoms with Gasteiger partial charge in [0.25, 0.3) is 0 Å². The highest BCUT2D eigenvalue weighted by Crippen LogP contribution is 2.21. The minimum Gasteiger partial charge on any atom is -0.382 e. The first-order chi connectivity index (χ1) is 10.2. The lowest BCUT2D eigenvalue weighted by atomic mass is 10.0. The number of rotatable bonds is 3. The van der Waals surface area contributed by atoms with E-state index in [1.807, 2.05) is 29.2 Å². The number of carbonyl (C=O) groups excluding carboxylic acids is 1. The number of H-pyrrole nitrogens is 1. The number of carbonyl (C=O) groups is 1. The largest absolute Gasteiger partial charge is 0.382 e. The molecule has 1 aromatic carbocycles. The van der Waals surface area contributed by atoms with Gasteiger partial charge in [-0.05, 0) is 30.2 Å². The Labute approximate surface area is 122 Å². The summed E-state index contributed by atoms with van der Waals surface area (Å²) in [6.45, 7) is 3.26. The number of aromatic amines is 1. The second kappa shape index (κ2) is 5.90. The van der Waals surface area contributed by atoms with Gasteiger partial charge < -0.3 is 10.2 Å². The molecule has 0 radical (unpaired) electrons. The van der Waals surface area contributed by atoms with Gasteiger partial charge in [0, 0.05) is 37.3 Å². The summed E-state index contributed by atoms with van der Waals surface area (Å²) in [6.07, 6.45) is 1.93. The van der Waals surface area contributed by atoms with E-state index in [1.165, 1.54) is 0 Å². The van der Waals surface area contributed by atoms with Crippen molar-refractivity contribution in [3.8, 4) is 11.4 Å². The van der Waals surface area contributed by atoms with Crippen LogP contribution in [0.15, 0.2) is 24.3 Å². The molecular weight excluding hydrogens is 268 g/mol. The third-order valence-corrected chi connectivity index (χ3v) is 3.78. The van der Waals surface area contributed by atoms with Crippen LogP contribution in [0.2, 0.25) is 0 Å². The van der Waals surface area contributed by atoms with E-state index in [2.05, 4.69) is 25.9 Å². The number of tetrazole rings is 1. The van der Waals surface area contributed by atoms with Gasteiger partial charge >= 0.3 is 0 Å². The summed E-state index contributed by atoms with van der Waals surface area (Å²) in [5.74, 6) is 0.748. The van der Waals surface area contributed by atoms with Gasteiger partial charge in [-0.25, -0.2) is 0 Å². The fourth-order valence-corrected chi connectivity index (χ4v) is 2.61. The normalized spacial score (nSPS) is 16.0. The standard InChI is InChI=1S/C14H18N6O/c1-10(21)20-7-5-12(6-8-20)15-13-4-2-3-11(9-13)14-16-18-19-17-14/h2-4,9,12,15H,5-8H2,1H3,(H,16,17,18,19). The Bertz CT molecular complexity index is 604. The van der Waals surface area contributed by atoms with Crippen molar-refractivity contribution in [3.63, 3.8) is 0 Å². The average molecular weight is 286 g/mol. The molecule has 0 unspecified atom stereocenters. The lowest BCUT2D eigenvalue weighted by molar-refractivity contribution is -0.129. The molecule has 1 aliphatic heterocycles. The second-order valence-corrected chi connectivity index (χ2v) is 5.24. The smallest absolute Gasteiger partial charge is 0.219 e. The number of likely N-dealkylation sites (tertiary alicyclic amines) is 1. The lowest BCUT2D eigenvalue weighted by Crippen LogP contribution is -2.41. The number of anilines is 1. The predicted molar refractivity (Wildman–Crippen MR) is 78.5 cm³/mol. The summed E-state index contributed by atoms with van der Waals surface area (Å²) >= 11 is 0. The van der Waals surface area contributed by atoms with Crippen molar-refractivity contribution < 1.29 is 4.79 Å². The third kappa shape index (κ3) is 3.18. The first kappa shape index (κ1) is 13.5. The SMILES string of the molecule is CC(=O)N1CCC(Nc2cccc(-c3nn[nH]n3)c2)CC1. The van der Waals surface area contributed by atoms with E-state index in [4.69, 9.17) is 0 Å². The zero-order chi connectivity index (χ0) is 14.7. The van der Waals surface area contributed by atoms with Crippen molar-refractivity contribution in [3.05, 3.63) is 24.3 Å². The Kier molecular flexibility index (Phi) is 3.81. The molecule has 7 nitrogen and oxygen atoms in total. The lowest BCUT2D eigenvalue weighted by Gasteiger charge is -2.32. The number of hydrogen-bond donors (Lipinski definition) is 2. The molecule has 2 heterocycles. The van der Waals surface area contributed by atoms with Crippen LogP contribution in [0.1, 0.15) is 19.8 Å². The predicted octanol–water partition coefficient (Wildman–Crippen LogP) is 1.29. The fourth-order valence-electron chi connectivity index (χ4n) is 2.61. The summed E-state index contributed by atoms with van der Waals surface area (Å²) in [5, 5.41) is 17.5. The van der Waals surface area contributed by atoms with Gasteiger partial charge in [0.05, 0.1) is 0 Å².